The molecular weight excluding hydrogens is 332 g/mol. The van der Waals surface area contributed by atoms with Gasteiger partial charge in [-0.1, -0.05) is 34.3 Å². The SMILES string of the molecule is C=C(Br)Cn1c(SCC(=O)O)nc2c(C)nn(C)c21. The maximum Gasteiger partial charge on any atom is 0.313 e. The summed E-state index contributed by atoms with van der Waals surface area (Å²) in [7, 11) is 1.84. The van der Waals surface area contributed by atoms with Gasteiger partial charge in [-0.2, -0.15) is 5.10 Å². The number of aromatic nitrogens is 4. The summed E-state index contributed by atoms with van der Waals surface area (Å²) in [6.45, 7) is 6.23. The lowest BCUT2D eigenvalue weighted by Gasteiger charge is -2.07. The topological polar surface area (TPSA) is 72.9 Å². The first-order chi connectivity index (χ1) is 8.90. The number of thioether (sulfide) groups is 1. The Morgan fingerprint density at radius 3 is 2.84 bits per heavy atom. The Hall–Kier alpha value is -1.28. The van der Waals surface area contributed by atoms with E-state index in [4.69, 9.17) is 5.11 Å². The summed E-state index contributed by atoms with van der Waals surface area (Å²) in [4.78, 5) is 15.2. The van der Waals surface area contributed by atoms with Gasteiger partial charge in [0.25, 0.3) is 0 Å². The van der Waals surface area contributed by atoms with Gasteiger partial charge in [-0.25, -0.2) is 4.98 Å². The van der Waals surface area contributed by atoms with Gasteiger partial charge in [-0.15, -0.1) is 0 Å². The summed E-state index contributed by atoms with van der Waals surface area (Å²) in [5.41, 5.74) is 2.49. The molecule has 0 saturated carbocycles. The fourth-order valence-corrected chi connectivity index (χ4v) is 2.83. The number of hydrogen-bond donors (Lipinski definition) is 1. The average molecular weight is 345 g/mol. The zero-order valence-electron chi connectivity index (χ0n) is 10.6. The van der Waals surface area contributed by atoms with Crippen LogP contribution >= 0.6 is 27.7 Å². The molecule has 2 aromatic heterocycles. The van der Waals surface area contributed by atoms with Crippen LogP contribution in [0.4, 0.5) is 0 Å². The maximum atomic E-state index is 10.7. The zero-order valence-corrected chi connectivity index (χ0v) is 13.0. The fraction of sp³-hybridized carbons (Fsp3) is 0.364. The largest absolute Gasteiger partial charge is 0.481 e. The molecule has 2 aromatic rings. The van der Waals surface area contributed by atoms with E-state index < -0.39 is 5.97 Å². The molecule has 0 unspecified atom stereocenters. The van der Waals surface area contributed by atoms with Crippen molar-refractivity contribution in [2.24, 2.45) is 7.05 Å². The molecule has 0 fully saturated rings. The van der Waals surface area contributed by atoms with Crippen molar-refractivity contribution in [3.05, 3.63) is 16.8 Å². The lowest BCUT2D eigenvalue weighted by Crippen LogP contribution is -2.06. The van der Waals surface area contributed by atoms with Crippen molar-refractivity contribution in [2.45, 2.75) is 18.6 Å². The van der Waals surface area contributed by atoms with Crippen molar-refractivity contribution in [2.75, 3.05) is 5.75 Å². The summed E-state index contributed by atoms with van der Waals surface area (Å²) in [5, 5.41) is 13.8. The Bertz CT molecular complexity index is 661. The first-order valence-corrected chi connectivity index (χ1v) is 7.25. The molecule has 8 heteroatoms. The van der Waals surface area contributed by atoms with Crippen molar-refractivity contribution in [3.63, 3.8) is 0 Å². The number of nitrogens with zero attached hydrogens (tertiary/aromatic N) is 4. The van der Waals surface area contributed by atoms with E-state index in [1.165, 1.54) is 11.8 Å². The minimum Gasteiger partial charge on any atom is -0.481 e. The summed E-state index contributed by atoms with van der Waals surface area (Å²) in [6.07, 6.45) is 0. The second kappa shape index (κ2) is 5.38. The molecule has 0 amide bonds. The molecule has 0 radical (unpaired) electrons. The summed E-state index contributed by atoms with van der Waals surface area (Å²) in [5.74, 6) is -0.888. The Morgan fingerprint density at radius 1 is 1.58 bits per heavy atom. The van der Waals surface area contributed by atoms with E-state index in [2.05, 4.69) is 32.6 Å². The average Bonchev–Trinajstić information content (AvgIpc) is 2.76. The molecule has 1 N–H and O–H groups in total. The van der Waals surface area contributed by atoms with Gasteiger partial charge in [0.05, 0.1) is 18.0 Å². The Morgan fingerprint density at radius 2 is 2.26 bits per heavy atom. The Balaban J connectivity index is 2.52. The van der Waals surface area contributed by atoms with Gasteiger partial charge < -0.3 is 5.11 Å². The van der Waals surface area contributed by atoms with E-state index in [0.717, 1.165) is 21.3 Å². The number of allylic oxidation sites excluding steroid dienone is 1. The van der Waals surface area contributed by atoms with E-state index in [1.54, 1.807) is 4.68 Å². The van der Waals surface area contributed by atoms with Crippen LogP contribution in [0.2, 0.25) is 0 Å². The number of aryl methyl sites for hydroxylation is 2. The van der Waals surface area contributed by atoms with Crippen LogP contribution in [0.5, 0.6) is 0 Å². The molecule has 0 bridgehead atoms. The Labute approximate surface area is 122 Å². The summed E-state index contributed by atoms with van der Waals surface area (Å²) < 4.78 is 4.46. The standard InChI is InChI=1S/C11H13BrN4O2S/c1-6(12)4-16-10-9(7(2)14-15(10)3)13-11(16)19-5-8(17)18/h1,4-5H2,2-3H3,(H,17,18). The lowest BCUT2D eigenvalue weighted by molar-refractivity contribution is -0.133. The molecule has 0 aromatic carbocycles. The van der Waals surface area contributed by atoms with Gasteiger partial charge in [0.1, 0.15) is 5.52 Å². The smallest absolute Gasteiger partial charge is 0.313 e. The first kappa shape index (κ1) is 14.1. The number of imidazole rings is 1. The van der Waals surface area contributed by atoms with E-state index in [1.807, 2.05) is 18.5 Å². The van der Waals surface area contributed by atoms with Gasteiger partial charge in [0, 0.05) is 11.5 Å². The van der Waals surface area contributed by atoms with E-state index in [9.17, 15) is 4.79 Å². The predicted octanol–water partition coefficient (Wildman–Crippen LogP) is 2.16. The third-order valence-corrected chi connectivity index (χ3v) is 3.72. The quantitative estimate of drug-likeness (QED) is 0.841. The number of halogens is 1. The second-order valence-corrected chi connectivity index (χ2v) is 6.13. The molecule has 102 valence electrons. The normalized spacial score (nSPS) is 11.1. The lowest BCUT2D eigenvalue weighted by atomic mass is 10.4. The van der Waals surface area contributed by atoms with Crippen molar-refractivity contribution in [1.82, 2.24) is 19.3 Å². The van der Waals surface area contributed by atoms with Gasteiger partial charge in [0.15, 0.2) is 10.8 Å². The number of carboxylic acid groups (broad SMARTS) is 1. The van der Waals surface area contributed by atoms with E-state index in [-0.39, 0.29) is 5.75 Å². The van der Waals surface area contributed by atoms with Crippen LogP contribution < -0.4 is 0 Å². The number of rotatable bonds is 5. The highest BCUT2D eigenvalue weighted by Gasteiger charge is 2.18. The molecular formula is C11H13BrN4O2S. The third kappa shape index (κ3) is 2.84. The molecule has 0 aliphatic heterocycles. The van der Waals surface area contributed by atoms with E-state index in [0.29, 0.717) is 11.7 Å². The highest BCUT2D eigenvalue weighted by molar-refractivity contribution is 9.11. The maximum absolute atomic E-state index is 10.7. The van der Waals surface area contributed by atoms with Crippen LogP contribution in [0, 0.1) is 6.92 Å². The minimum absolute atomic E-state index is 0.0233. The zero-order chi connectivity index (χ0) is 14.2. The fourth-order valence-electron chi connectivity index (χ4n) is 1.87. The molecule has 6 nitrogen and oxygen atoms in total. The van der Waals surface area contributed by atoms with Crippen molar-refractivity contribution >= 4 is 44.8 Å². The van der Waals surface area contributed by atoms with Crippen LogP contribution in [0.3, 0.4) is 0 Å². The van der Waals surface area contributed by atoms with Crippen LogP contribution in [0.15, 0.2) is 16.2 Å². The van der Waals surface area contributed by atoms with Gasteiger partial charge in [0.2, 0.25) is 0 Å². The van der Waals surface area contributed by atoms with Crippen molar-refractivity contribution in [3.8, 4) is 0 Å². The van der Waals surface area contributed by atoms with Gasteiger partial charge in [-0.05, 0) is 6.92 Å². The van der Waals surface area contributed by atoms with Crippen molar-refractivity contribution in [1.29, 1.82) is 0 Å². The molecule has 2 rings (SSSR count). The Kier molecular flexibility index (Phi) is 4.00. The number of aliphatic carboxylic acids is 1. The van der Waals surface area contributed by atoms with Gasteiger partial charge in [-0.3, -0.25) is 14.0 Å². The molecule has 0 aliphatic rings. The molecule has 0 atom stereocenters. The van der Waals surface area contributed by atoms with E-state index >= 15 is 0 Å². The summed E-state index contributed by atoms with van der Waals surface area (Å²) >= 11 is 4.52. The number of carbonyl (C=O) groups is 1. The summed E-state index contributed by atoms with van der Waals surface area (Å²) in [6, 6.07) is 0. The molecule has 2 heterocycles. The molecule has 0 saturated heterocycles. The number of hydrogen-bond acceptors (Lipinski definition) is 4. The van der Waals surface area contributed by atoms with Crippen LogP contribution in [-0.4, -0.2) is 36.2 Å². The third-order valence-electron chi connectivity index (χ3n) is 2.51. The predicted molar refractivity (Wildman–Crippen MR) is 77.7 cm³/mol. The second-order valence-electron chi connectivity index (χ2n) is 4.06. The molecule has 19 heavy (non-hydrogen) atoms. The molecule has 0 spiro atoms. The monoisotopic (exact) mass is 344 g/mol. The highest BCUT2D eigenvalue weighted by atomic mass is 79.9. The number of carboxylic acids is 1. The van der Waals surface area contributed by atoms with Crippen molar-refractivity contribution < 1.29 is 9.90 Å². The van der Waals surface area contributed by atoms with Crippen LogP contribution in [0.1, 0.15) is 5.69 Å². The highest BCUT2D eigenvalue weighted by Crippen LogP contribution is 2.27. The molecule has 0 aliphatic carbocycles. The minimum atomic E-state index is -0.865. The van der Waals surface area contributed by atoms with Gasteiger partial charge >= 0.3 is 5.97 Å². The number of fused-ring (bicyclic) bond motifs is 1. The van der Waals surface area contributed by atoms with Crippen LogP contribution in [0.25, 0.3) is 11.2 Å². The van der Waals surface area contributed by atoms with Crippen LogP contribution in [-0.2, 0) is 18.4 Å². The first-order valence-electron chi connectivity index (χ1n) is 5.48.